The van der Waals surface area contributed by atoms with Crippen LogP contribution in [0.2, 0.25) is 0 Å². The molecule has 4 nitrogen and oxygen atoms in total. The van der Waals surface area contributed by atoms with Gasteiger partial charge in [0, 0.05) is 11.8 Å². The second-order valence-electron chi connectivity index (χ2n) is 4.18. The Morgan fingerprint density at radius 2 is 2.05 bits per heavy atom. The lowest BCUT2D eigenvalue weighted by molar-refractivity contribution is 0.284. The van der Waals surface area contributed by atoms with E-state index in [1.54, 1.807) is 13.3 Å². The Morgan fingerprint density at radius 3 is 2.74 bits per heavy atom. The van der Waals surface area contributed by atoms with Crippen LogP contribution >= 0.6 is 0 Å². The van der Waals surface area contributed by atoms with Crippen LogP contribution in [0.3, 0.4) is 0 Å². The summed E-state index contributed by atoms with van der Waals surface area (Å²) in [6, 6.07) is 9.68. The van der Waals surface area contributed by atoms with Crippen LogP contribution in [0, 0.1) is 0 Å². The van der Waals surface area contributed by atoms with E-state index < -0.39 is 0 Å². The Kier molecular flexibility index (Phi) is 4.23. The Labute approximate surface area is 113 Å². The summed E-state index contributed by atoms with van der Waals surface area (Å²) < 4.78 is 11.1. The third-order valence-corrected chi connectivity index (χ3v) is 2.95. The maximum atomic E-state index is 5.78. The van der Waals surface area contributed by atoms with E-state index >= 15 is 0 Å². The van der Waals surface area contributed by atoms with Gasteiger partial charge >= 0.3 is 0 Å². The van der Waals surface area contributed by atoms with Gasteiger partial charge < -0.3 is 15.2 Å². The number of nitrogens with two attached hydrogens (primary N) is 1. The van der Waals surface area contributed by atoms with E-state index in [-0.39, 0.29) is 0 Å². The van der Waals surface area contributed by atoms with Gasteiger partial charge in [0.1, 0.15) is 12.4 Å². The molecule has 0 saturated heterocycles. The third kappa shape index (κ3) is 3.16. The Balaban J connectivity index is 2.13. The number of ether oxygens (including phenoxy) is 2. The molecule has 0 aliphatic rings. The van der Waals surface area contributed by atoms with Crippen LogP contribution < -0.4 is 15.2 Å². The van der Waals surface area contributed by atoms with Crippen LogP contribution in [-0.4, -0.2) is 12.1 Å². The quantitative estimate of drug-likeness (QED) is 0.896. The average Bonchev–Trinajstić information content (AvgIpc) is 2.46. The number of methoxy groups -OCH3 is 1. The summed E-state index contributed by atoms with van der Waals surface area (Å²) in [6.45, 7) is 2.48. The number of benzene rings is 1. The number of aromatic nitrogens is 1. The standard InChI is InChI=1S/C15H18N2O2/c1-3-11-6-7-13(14(9-11)18-2)19-10-12-5-4-8-17-15(12)16/h4-9H,3,10H2,1-2H3,(H2,16,17). The highest BCUT2D eigenvalue weighted by molar-refractivity contribution is 5.44. The predicted octanol–water partition coefficient (Wildman–Crippen LogP) is 2.81. The summed E-state index contributed by atoms with van der Waals surface area (Å²) in [5.41, 5.74) is 7.86. The van der Waals surface area contributed by atoms with Crippen LogP contribution in [0.1, 0.15) is 18.1 Å². The van der Waals surface area contributed by atoms with Crippen LogP contribution in [0.5, 0.6) is 11.5 Å². The van der Waals surface area contributed by atoms with Gasteiger partial charge in [0.25, 0.3) is 0 Å². The molecule has 0 fully saturated rings. The molecule has 0 aliphatic carbocycles. The molecule has 0 spiro atoms. The fraction of sp³-hybridized carbons (Fsp3) is 0.267. The van der Waals surface area contributed by atoms with E-state index in [0.717, 1.165) is 17.7 Å². The Hall–Kier alpha value is -2.23. The second kappa shape index (κ2) is 6.09. The van der Waals surface area contributed by atoms with Gasteiger partial charge in [0.05, 0.1) is 7.11 Å². The number of aryl methyl sites for hydroxylation is 1. The van der Waals surface area contributed by atoms with Gasteiger partial charge in [0.15, 0.2) is 11.5 Å². The molecular formula is C15H18N2O2. The fourth-order valence-corrected chi connectivity index (χ4v) is 1.78. The highest BCUT2D eigenvalue weighted by Gasteiger charge is 2.07. The molecule has 1 heterocycles. The van der Waals surface area contributed by atoms with E-state index in [4.69, 9.17) is 15.2 Å². The zero-order valence-corrected chi connectivity index (χ0v) is 11.2. The molecule has 0 bridgehead atoms. The van der Waals surface area contributed by atoms with Crippen molar-refractivity contribution < 1.29 is 9.47 Å². The summed E-state index contributed by atoms with van der Waals surface area (Å²) in [4.78, 5) is 4.03. The summed E-state index contributed by atoms with van der Waals surface area (Å²) in [7, 11) is 1.64. The Bertz CT molecular complexity index is 556. The van der Waals surface area contributed by atoms with Crippen molar-refractivity contribution in [1.82, 2.24) is 4.98 Å². The van der Waals surface area contributed by atoms with Gasteiger partial charge in [-0.05, 0) is 30.2 Å². The fourth-order valence-electron chi connectivity index (χ4n) is 1.78. The number of nitrogens with zero attached hydrogens (tertiary/aromatic N) is 1. The van der Waals surface area contributed by atoms with Crippen LogP contribution in [0.25, 0.3) is 0 Å². The van der Waals surface area contributed by atoms with Crippen molar-refractivity contribution in [3.8, 4) is 11.5 Å². The first-order valence-corrected chi connectivity index (χ1v) is 6.23. The second-order valence-corrected chi connectivity index (χ2v) is 4.18. The minimum absolute atomic E-state index is 0.376. The monoisotopic (exact) mass is 258 g/mol. The van der Waals surface area contributed by atoms with Gasteiger partial charge in [-0.15, -0.1) is 0 Å². The molecule has 2 aromatic rings. The third-order valence-electron chi connectivity index (χ3n) is 2.95. The van der Waals surface area contributed by atoms with Crippen molar-refractivity contribution in [1.29, 1.82) is 0 Å². The first kappa shape index (κ1) is 13.2. The smallest absolute Gasteiger partial charge is 0.161 e. The molecule has 1 aromatic carbocycles. The lowest BCUT2D eigenvalue weighted by Gasteiger charge is -2.12. The van der Waals surface area contributed by atoms with Gasteiger partial charge in [-0.1, -0.05) is 19.1 Å². The maximum Gasteiger partial charge on any atom is 0.161 e. The zero-order chi connectivity index (χ0) is 13.7. The highest BCUT2D eigenvalue weighted by Crippen LogP contribution is 2.29. The first-order chi connectivity index (χ1) is 9.24. The number of hydrogen-bond donors (Lipinski definition) is 1. The van der Waals surface area contributed by atoms with Crippen LogP contribution in [-0.2, 0) is 13.0 Å². The number of hydrogen-bond acceptors (Lipinski definition) is 4. The topological polar surface area (TPSA) is 57.4 Å². The minimum Gasteiger partial charge on any atom is -0.493 e. The molecule has 0 radical (unpaired) electrons. The predicted molar refractivity (Wildman–Crippen MR) is 75.4 cm³/mol. The lowest BCUT2D eigenvalue weighted by atomic mass is 10.1. The lowest BCUT2D eigenvalue weighted by Crippen LogP contribution is -2.02. The number of nitrogen functional groups attached to an aromatic ring is 1. The molecule has 0 aliphatic heterocycles. The SMILES string of the molecule is CCc1ccc(OCc2cccnc2N)c(OC)c1. The molecule has 1 aromatic heterocycles. The average molecular weight is 258 g/mol. The number of pyridine rings is 1. The van der Waals surface area contributed by atoms with Crippen molar-refractivity contribution in [2.45, 2.75) is 20.0 Å². The van der Waals surface area contributed by atoms with E-state index in [9.17, 15) is 0 Å². The summed E-state index contributed by atoms with van der Waals surface area (Å²) in [6.07, 6.45) is 2.63. The van der Waals surface area contributed by atoms with E-state index in [1.165, 1.54) is 5.56 Å². The molecule has 0 saturated carbocycles. The maximum absolute atomic E-state index is 5.78. The van der Waals surface area contributed by atoms with Crippen molar-refractivity contribution in [2.24, 2.45) is 0 Å². The van der Waals surface area contributed by atoms with Crippen LogP contribution in [0.4, 0.5) is 5.82 Å². The molecule has 0 atom stereocenters. The van der Waals surface area contributed by atoms with Gasteiger partial charge in [-0.3, -0.25) is 0 Å². The van der Waals surface area contributed by atoms with E-state index in [0.29, 0.717) is 18.2 Å². The molecule has 0 unspecified atom stereocenters. The number of anilines is 1. The normalized spacial score (nSPS) is 10.2. The summed E-state index contributed by atoms with van der Waals surface area (Å²) >= 11 is 0. The summed E-state index contributed by atoms with van der Waals surface area (Å²) in [5.74, 6) is 1.94. The van der Waals surface area contributed by atoms with Crippen molar-refractivity contribution in [2.75, 3.05) is 12.8 Å². The van der Waals surface area contributed by atoms with Gasteiger partial charge in [-0.25, -0.2) is 4.98 Å². The van der Waals surface area contributed by atoms with Crippen molar-refractivity contribution >= 4 is 5.82 Å². The Morgan fingerprint density at radius 1 is 1.21 bits per heavy atom. The zero-order valence-electron chi connectivity index (χ0n) is 11.2. The molecule has 4 heteroatoms. The summed E-state index contributed by atoms with van der Waals surface area (Å²) in [5, 5.41) is 0. The van der Waals surface area contributed by atoms with Crippen molar-refractivity contribution in [3.63, 3.8) is 0 Å². The molecule has 2 N–H and O–H groups in total. The minimum atomic E-state index is 0.376. The van der Waals surface area contributed by atoms with Gasteiger partial charge in [-0.2, -0.15) is 0 Å². The molecule has 2 rings (SSSR count). The largest absolute Gasteiger partial charge is 0.493 e. The number of rotatable bonds is 5. The van der Waals surface area contributed by atoms with E-state index in [1.807, 2.05) is 30.3 Å². The molecular weight excluding hydrogens is 240 g/mol. The molecule has 100 valence electrons. The first-order valence-electron chi connectivity index (χ1n) is 6.23. The van der Waals surface area contributed by atoms with E-state index in [2.05, 4.69) is 11.9 Å². The highest BCUT2D eigenvalue weighted by atomic mass is 16.5. The molecule has 19 heavy (non-hydrogen) atoms. The van der Waals surface area contributed by atoms with Crippen LogP contribution in [0.15, 0.2) is 36.5 Å². The van der Waals surface area contributed by atoms with Gasteiger partial charge in [0.2, 0.25) is 0 Å². The van der Waals surface area contributed by atoms with Crippen molar-refractivity contribution in [3.05, 3.63) is 47.7 Å². The molecule has 0 amide bonds.